The van der Waals surface area contributed by atoms with Gasteiger partial charge in [0.2, 0.25) is 0 Å². The molecule has 0 radical (unpaired) electrons. The van der Waals surface area contributed by atoms with E-state index in [9.17, 15) is 4.79 Å². The Balaban J connectivity index is 1.71. The van der Waals surface area contributed by atoms with Crippen molar-refractivity contribution < 1.29 is 9.53 Å². The van der Waals surface area contributed by atoms with Crippen molar-refractivity contribution in [3.05, 3.63) is 64.7 Å². The van der Waals surface area contributed by atoms with Crippen molar-refractivity contribution in [3.8, 4) is 5.75 Å². The second-order valence-electron chi connectivity index (χ2n) is 6.30. The number of ether oxygens (including phenoxy) is 1. The standard InChI is InChI=1S/C21H27NO2S/c1-15-9-10-17(3)20(13-15)24-18(4)21(23)22-11-12-25-14-19-8-6-5-7-16(19)2/h5-10,13,18H,11-12,14H2,1-4H3,(H,22,23)/t18-/m1/s1. The van der Waals surface area contributed by atoms with Crippen molar-refractivity contribution >= 4 is 17.7 Å². The molecule has 2 rings (SSSR count). The molecule has 0 saturated heterocycles. The minimum atomic E-state index is -0.498. The van der Waals surface area contributed by atoms with Gasteiger partial charge in [0.15, 0.2) is 6.10 Å². The van der Waals surface area contributed by atoms with Crippen molar-refractivity contribution in [1.82, 2.24) is 5.32 Å². The molecule has 25 heavy (non-hydrogen) atoms. The molecule has 0 spiro atoms. The van der Waals surface area contributed by atoms with Crippen LogP contribution in [0.1, 0.15) is 29.2 Å². The monoisotopic (exact) mass is 357 g/mol. The summed E-state index contributed by atoms with van der Waals surface area (Å²) in [6.07, 6.45) is -0.498. The summed E-state index contributed by atoms with van der Waals surface area (Å²) >= 11 is 1.83. The largest absolute Gasteiger partial charge is 0.481 e. The van der Waals surface area contributed by atoms with Crippen LogP contribution < -0.4 is 10.1 Å². The number of hydrogen-bond donors (Lipinski definition) is 1. The summed E-state index contributed by atoms with van der Waals surface area (Å²) in [5, 5.41) is 2.95. The average Bonchev–Trinajstić information content (AvgIpc) is 2.59. The molecule has 4 heteroatoms. The molecular weight excluding hydrogens is 330 g/mol. The van der Waals surface area contributed by atoms with Gasteiger partial charge in [0.1, 0.15) is 5.75 Å². The van der Waals surface area contributed by atoms with Gasteiger partial charge < -0.3 is 10.1 Å². The van der Waals surface area contributed by atoms with Gasteiger partial charge in [0.25, 0.3) is 5.91 Å². The molecule has 0 saturated carbocycles. The van der Waals surface area contributed by atoms with E-state index in [1.54, 1.807) is 6.92 Å². The molecule has 2 aromatic rings. The van der Waals surface area contributed by atoms with Crippen LogP contribution in [-0.4, -0.2) is 24.3 Å². The maximum Gasteiger partial charge on any atom is 0.260 e. The van der Waals surface area contributed by atoms with Crippen LogP contribution in [-0.2, 0) is 10.5 Å². The summed E-state index contributed by atoms with van der Waals surface area (Å²) in [7, 11) is 0. The Bertz CT molecular complexity index is 715. The first-order valence-electron chi connectivity index (χ1n) is 8.61. The molecule has 3 nitrogen and oxygen atoms in total. The summed E-state index contributed by atoms with van der Waals surface area (Å²) in [6.45, 7) is 8.57. The zero-order chi connectivity index (χ0) is 18.2. The van der Waals surface area contributed by atoms with E-state index in [1.165, 1.54) is 11.1 Å². The second-order valence-corrected chi connectivity index (χ2v) is 7.40. The van der Waals surface area contributed by atoms with Crippen LogP contribution in [0.25, 0.3) is 0 Å². The molecule has 1 atom stereocenters. The van der Waals surface area contributed by atoms with E-state index in [2.05, 4.69) is 36.5 Å². The summed E-state index contributed by atoms with van der Waals surface area (Å²) in [5.74, 6) is 2.56. The van der Waals surface area contributed by atoms with E-state index >= 15 is 0 Å². The summed E-state index contributed by atoms with van der Waals surface area (Å²) in [4.78, 5) is 12.2. The fourth-order valence-corrected chi connectivity index (χ4v) is 3.36. The molecule has 0 aliphatic rings. The first kappa shape index (κ1) is 19.4. The predicted molar refractivity (Wildman–Crippen MR) is 106 cm³/mol. The van der Waals surface area contributed by atoms with Crippen molar-refractivity contribution in [2.24, 2.45) is 0 Å². The second kappa shape index (κ2) is 9.52. The lowest BCUT2D eigenvalue weighted by molar-refractivity contribution is -0.127. The van der Waals surface area contributed by atoms with E-state index in [-0.39, 0.29) is 5.91 Å². The van der Waals surface area contributed by atoms with Crippen LogP contribution in [0.4, 0.5) is 0 Å². The molecular formula is C21H27NO2S. The van der Waals surface area contributed by atoms with Gasteiger partial charge >= 0.3 is 0 Å². The van der Waals surface area contributed by atoms with Crippen LogP contribution in [0.2, 0.25) is 0 Å². The fraction of sp³-hybridized carbons (Fsp3) is 0.381. The average molecular weight is 358 g/mol. The number of carbonyl (C=O) groups is 1. The predicted octanol–water partition coefficient (Wildman–Crippen LogP) is 4.43. The molecule has 0 bridgehead atoms. The highest BCUT2D eigenvalue weighted by Gasteiger charge is 2.15. The Morgan fingerprint density at radius 1 is 1.12 bits per heavy atom. The molecule has 0 aliphatic carbocycles. The molecule has 0 aliphatic heterocycles. The van der Waals surface area contributed by atoms with Gasteiger partial charge in [-0.1, -0.05) is 36.4 Å². The Morgan fingerprint density at radius 3 is 2.64 bits per heavy atom. The molecule has 0 aromatic heterocycles. The van der Waals surface area contributed by atoms with Gasteiger partial charge in [-0.2, -0.15) is 11.8 Å². The SMILES string of the molecule is Cc1ccc(C)c(O[C@H](C)C(=O)NCCSCc2ccccc2C)c1. The van der Waals surface area contributed by atoms with E-state index in [0.29, 0.717) is 6.54 Å². The highest BCUT2D eigenvalue weighted by molar-refractivity contribution is 7.98. The molecule has 2 aromatic carbocycles. The summed E-state index contributed by atoms with van der Waals surface area (Å²) < 4.78 is 5.81. The van der Waals surface area contributed by atoms with E-state index in [1.807, 2.05) is 43.8 Å². The van der Waals surface area contributed by atoms with E-state index in [0.717, 1.165) is 28.4 Å². The maximum absolute atomic E-state index is 12.2. The summed E-state index contributed by atoms with van der Waals surface area (Å²) in [6, 6.07) is 14.4. The smallest absolute Gasteiger partial charge is 0.260 e. The number of amides is 1. The zero-order valence-electron chi connectivity index (χ0n) is 15.5. The van der Waals surface area contributed by atoms with Crippen LogP contribution in [0.15, 0.2) is 42.5 Å². The Labute approximate surface area is 155 Å². The zero-order valence-corrected chi connectivity index (χ0v) is 16.3. The highest BCUT2D eigenvalue weighted by atomic mass is 32.2. The number of thioether (sulfide) groups is 1. The third-order valence-corrected chi connectivity index (χ3v) is 5.09. The topological polar surface area (TPSA) is 38.3 Å². The van der Waals surface area contributed by atoms with Crippen LogP contribution >= 0.6 is 11.8 Å². The third-order valence-electron chi connectivity index (χ3n) is 4.08. The molecule has 0 fully saturated rings. The highest BCUT2D eigenvalue weighted by Crippen LogP contribution is 2.20. The van der Waals surface area contributed by atoms with Gasteiger partial charge in [-0.3, -0.25) is 4.79 Å². The fourth-order valence-electron chi connectivity index (χ4n) is 2.42. The van der Waals surface area contributed by atoms with Gasteiger partial charge in [-0.25, -0.2) is 0 Å². The molecule has 0 unspecified atom stereocenters. The van der Waals surface area contributed by atoms with Crippen LogP contribution in [0.5, 0.6) is 5.75 Å². The molecule has 1 amide bonds. The minimum absolute atomic E-state index is 0.0719. The molecule has 1 N–H and O–H groups in total. The van der Waals surface area contributed by atoms with Crippen molar-refractivity contribution in [2.45, 2.75) is 39.6 Å². The van der Waals surface area contributed by atoms with Crippen molar-refractivity contribution in [3.63, 3.8) is 0 Å². The first-order valence-corrected chi connectivity index (χ1v) is 9.76. The molecule has 0 heterocycles. The van der Waals surface area contributed by atoms with Crippen molar-refractivity contribution in [1.29, 1.82) is 0 Å². The lowest BCUT2D eigenvalue weighted by Gasteiger charge is -2.16. The van der Waals surface area contributed by atoms with Gasteiger partial charge in [-0.05, 0) is 56.0 Å². The lowest BCUT2D eigenvalue weighted by Crippen LogP contribution is -2.37. The van der Waals surface area contributed by atoms with Crippen LogP contribution in [0.3, 0.4) is 0 Å². The number of carbonyl (C=O) groups excluding carboxylic acids is 1. The van der Waals surface area contributed by atoms with Gasteiger partial charge in [0, 0.05) is 18.1 Å². The minimum Gasteiger partial charge on any atom is -0.481 e. The number of benzene rings is 2. The van der Waals surface area contributed by atoms with Crippen molar-refractivity contribution in [2.75, 3.05) is 12.3 Å². The quantitative estimate of drug-likeness (QED) is 0.710. The van der Waals surface area contributed by atoms with E-state index < -0.39 is 6.10 Å². The van der Waals surface area contributed by atoms with Gasteiger partial charge in [0.05, 0.1) is 0 Å². The van der Waals surface area contributed by atoms with E-state index in [4.69, 9.17) is 4.74 Å². The molecule has 134 valence electrons. The first-order chi connectivity index (χ1) is 12.0. The number of hydrogen-bond acceptors (Lipinski definition) is 3. The number of nitrogens with one attached hydrogen (secondary N) is 1. The van der Waals surface area contributed by atoms with Crippen LogP contribution in [0, 0.1) is 20.8 Å². The van der Waals surface area contributed by atoms with Gasteiger partial charge in [-0.15, -0.1) is 0 Å². The number of rotatable bonds is 8. The maximum atomic E-state index is 12.2. The Kier molecular flexibility index (Phi) is 7.38. The number of aryl methyl sites for hydroxylation is 3. The Hall–Kier alpha value is -1.94. The Morgan fingerprint density at radius 2 is 1.88 bits per heavy atom. The summed E-state index contributed by atoms with van der Waals surface area (Å²) in [5.41, 5.74) is 4.83. The normalized spacial score (nSPS) is 11.8. The third kappa shape index (κ3) is 6.13. The lowest BCUT2D eigenvalue weighted by atomic mass is 10.1.